The molecule has 2 aromatic heterocycles. The van der Waals surface area contributed by atoms with Crippen LogP contribution in [0.25, 0.3) is 82.7 Å². The van der Waals surface area contributed by atoms with Crippen LogP contribution in [-0.4, -0.2) is 9.55 Å². The molecule has 9 aromatic carbocycles. The molecule has 12 rings (SSSR count). The molecule has 58 heavy (non-hydrogen) atoms. The molecule has 11 aromatic rings. The zero-order valence-electron chi connectivity index (χ0n) is 32.1. The molecule has 0 saturated carbocycles. The lowest BCUT2D eigenvalue weighted by atomic mass is 9.82. The van der Waals surface area contributed by atoms with Crippen molar-refractivity contribution >= 4 is 71.5 Å². The first-order valence-electron chi connectivity index (χ1n) is 20.0. The molecule has 0 fully saturated rings. The highest BCUT2D eigenvalue weighted by molar-refractivity contribution is 6.22. The molecule has 4 heteroatoms. The molecular weight excluding hydrogens is 707 g/mol. The number of nitrogens with zero attached hydrogens (tertiary/aromatic N) is 3. The topological polar surface area (TPSA) is 34.2 Å². The Morgan fingerprint density at radius 2 is 1.22 bits per heavy atom. The van der Waals surface area contributed by atoms with Gasteiger partial charge in [-0.3, -0.25) is 0 Å². The van der Waals surface area contributed by atoms with Crippen molar-refractivity contribution in [2.24, 2.45) is 0 Å². The van der Waals surface area contributed by atoms with Gasteiger partial charge in [0.2, 0.25) is 5.89 Å². The Morgan fingerprint density at radius 3 is 2.12 bits per heavy atom. The first-order chi connectivity index (χ1) is 28.5. The van der Waals surface area contributed by atoms with Gasteiger partial charge in [-0.25, -0.2) is 4.98 Å². The summed E-state index contributed by atoms with van der Waals surface area (Å²) in [4.78, 5) is 7.46. The first-order valence-corrected chi connectivity index (χ1v) is 20.0. The number of rotatable bonds is 5. The molecule has 0 N–H and O–H groups in total. The number of benzene rings is 9. The van der Waals surface area contributed by atoms with E-state index in [1.165, 1.54) is 54.7 Å². The molecule has 0 radical (unpaired) electrons. The molecule has 0 saturated heterocycles. The highest BCUT2D eigenvalue weighted by atomic mass is 16.3. The number of anilines is 3. The number of hydrogen-bond acceptors (Lipinski definition) is 3. The Labute approximate surface area is 335 Å². The van der Waals surface area contributed by atoms with E-state index in [1.807, 2.05) is 0 Å². The van der Waals surface area contributed by atoms with Crippen molar-refractivity contribution in [1.29, 1.82) is 0 Å². The Bertz CT molecular complexity index is 3440. The predicted molar refractivity (Wildman–Crippen MR) is 241 cm³/mol. The molecule has 2 heterocycles. The molecule has 0 unspecified atom stereocenters. The van der Waals surface area contributed by atoms with Crippen LogP contribution in [0.1, 0.15) is 25.0 Å². The summed E-state index contributed by atoms with van der Waals surface area (Å²) in [6.45, 7) is 4.68. The zero-order valence-corrected chi connectivity index (χ0v) is 32.1. The quantitative estimate of drug-likeness (QED) is 0.176. The number of oxazole rings is 1. The molecule has 1 aliphatic rings. The van der Waals surface area contributed by atoms with E-state index < -0.39 is 0 Å². The average molecular weight is 744 g/mol. The van der Waals surface area contributed by atoms with Crippen molar-refractivity contribution in [2.45, 2.75) is 19.3 Å². The van der Waals surface area contributed by atoms with Crippen LogP contribution in [0.5, 0.6) is 0 Å². The fourth-order valence-corrected chi connectivity index (χ4v) is 9.59. The highest BCUT2D eigenvalue weighted by Gasteiger charge is 2.36. The first kappa shape index (κ1) is 32.8. The summed E-state index contributed by atoms with van der Waals surface area (Å²) in [7, 11) is 0. The van der Waals surface area contributed by atoms with E-state index in [-0.39, 0.29) is 5.41 Å². The Hall–Kier alpha value is -7.43. The van der Waals surface area contributed by atoms with E-state index in [0.717, 1.165) is 50.3 Å². The lowest BCUT2D eigenvalue weighted by Gasteiger charge is -2.28. The molecule has 274 valence electrons. The predicted octanol–water partition coefficient (Wildman–Crippen LogP) is 14.7. The van der Waals surface area contributed by atoms with E-state index >= 15 is 0 Å². The van der Waals surface area contributed by atoms with Crippen molar-refractivity contribution < 1.29 is 4.42 Å². The van der Waals surface area contributed by atoms with Gasteiger partial charge < -0.3 is 13.9 Å². The van der Waals surface area contributed by atoms with Crippen LogP contribution in [0.4, 0.5) is 17.1 Å². The van der Waals surface area contributed by atoms with Crippen LogP contribution in [0.3, 0.4) is 0 Å². The summed E-state index contributed by atoms with van der Waals surface area (Å²) in [6.07, 6.45) is 0. The van der Waals surface area contributed by atoms with Gasteiger partial charge in [-0.15, -0.1) is 0 Å². The SMILES string of the molecule is CC1(C)c2ccccc2-c2ccc(N(c3ccc4c(c3)c3c5ccccc5ccc3n4-c3ccccc3)c3cccc4nc(-c5ccc6ccccc6c5)oc34)cc21. The number of aromatic nitrogens is 2. The van der Waals surface area contributed by atoms with Crippen LogP contribution >= 0.6 is 0 Å². The fraction of sp³-hybridized carbons (Fsp3) is 0.0556. The van der Waals surface area contributed by atoms with E-state index in [9.17, 15) is 0 Å². The van der Waals surface area contributed by atoms with Gasteiger partial charge in [0.1, 0.15) is 5.52 Å². The molecule has 0 atom stereocenters. The van der Waals surface area contributed by atoms with E-state index in [4.69, 9.17) is 9.40 Å². The van der Waals surface area contributed by atoms with Crippen LogP contribution in [0.15, 0.2) is 192 Å². The Morgan fingerprint density at radius 1 is 0.517 bits per heavy atom. The smallest absolute Gasteiger partial charge is 0.227 e. The van der Waals surface area contributed by atoms with Crippen molar-refractivity contribution in [3.8, 4) is 28.3 Å². The normalized spacial score (nSPS) is 13.1. The second-order valence-electron chi connectivity index (χ2n) is 16.0. The van der Waals surface area contributed by atoms with E-state index in [2.05, 4.69) is 211 Å². The van der Waals surface area contributed by atoms with Gasteiger partial charge in [-0.1, -0.05) is 129 Å². The third kappa shape index (κ3) is 4.78. The van der Waals surface area contributed by atoms with Gasteiger partial charge in [-0.05, 0) is 117 Å². The molecule has 4 nitrogen and oxygen atoms in total. The van der Waals surface area contributed by atoms with E-state index in [0.29, 0.717) is 5.89 Å². The lowest BCUT2D eigenvalue weighted by Crippen LogP contribution is -2.16. The molecule has 0 aliphatic heterocycles. The highest BCUT2D eigenvalue weighted by Crippen LogP contribution is 2.51. The number of hydrogen-bond donors (Lipinski definition) is 0. The van der Waals surface area contributed by atoms with Crippen molar-refractivity contribution in [1.82, 2.24) is 9.55 Å². The molecule has 1 aliphatic carbocycles. The maximum Gasteiger partial charge on any atom is 0.227 e. The summed E-state index contributed by atoms with van der Waals surface area (Å²) in [5, 5.41) is 7.22. The second-order valence-corrected chi connectivity index (χ2v) is 16.0. The summed E-state index contributed by atoms with van der Waals surface area (Å²) in [5.74, 6) is 0.603. The molecular formula is C54H37N3O. The number of fused-ring (bicyclic) bond motifs is 10. The van der Waals surface area contributed by atoms with Gasteiger partial charge in [-0.2, -0.15) is 0 Å². The third-order valence-electron chi connectivity index (χ3n) is 12.4. The minimum atomic E-state index is -0.166. The van der Waals surface area contributed by atoms with Crippen molar-refractivity contribution in [2.75, 3.05) is 4.90 Å². The summed E-state index contributed by atoms with van der Waals surface area (Å²) >= 11 is 0. The van der Waals surface area contributed by atoms with Gasteiger partial charge >= 0.3 is 0 Å². The minimum absolute atomic E-state index is 0.166. The van der Waals surface area contributed by atoms with Crippen molar-refractivity contribution in [3.05, 3.63) is 199 Å². The van der Waals surface area contributed by atoms with Crippen LogP contribution in [0.2, 0.25) is 0 Å². The standard InChI is InChI=1S/C54H37N3O/c1-54(2)45-20-11-10-19-42(45)43-28-26-40(33-46(43)54)56(50-22-12-21-47-52(50)58-53(55-47)37-24-23-34-13-6-7-15-36(34)31-37)39-27-30-48-44(32-39)51-41-18-9-8-14-35(41)25-29-49(51)57(48)38-16-4-3-5-17-38/h3-33H,1-2H3. The van der Waals surface area contributed by atoms with Crippen LogP contribution in [-0.2, 0) is 5.41 Å². The zero-order chi connectivity index (χ0) is 38.5. The minimum Gasteiger partial charge on any atom is -0.434 e. The maximum absolute atomic E-state index is 6.86. The van der Waals surface area contributed by atoms with Gasteiger partial charge in [0.15, 0.2) is 5.58 Å². The third-order valence-corrected chi connectivity index (χ3v) is 12.4. The van der Waals surface area contributed by atoms with Crippen molar-refractivity contribution in [3.63, 3.8) is 0 Å². The Balaban J connectivity index is 1.12. The molecule has 0 spiro atoms. The monoisotopic (exact) mass is 743 g/mol. The largest absolute Gasteiger partial charge is 0.434 e. The summed E-state index contributed by atoms with van der Waals surface area (Å²) in [5.41, 5.74) is 14.1. The lowest BCUT2D eigenvalue weighted by molar-refractivity contribution is 0.620. The summed E-state index contributed by atoms with van der Waals surface area (Å²) in [6, 6.07) is 67.8. The fourth-order valence-electron chi connectivity index (χ4n) is 9.59. The van der Waals surface area contributed by atoms with Gasteiger partial charge in [0.05, 0.1) is 16.7 Å². The molecule has 0 bridgehead atoms. The number of para-hydroxylation sites is 2. The van der Waals surface area contributed by atoms with E-state index in [1.54, 1.807) is 0 Å². The average Bonchev–Trinajstić information content (AvgIpc) is 3.93. The molecule has 0 amide bonds. The maximum atomic E-state index is 6.86. The van der Waals surface area contributed by atoms with Crippen LogP contribution in [0, 0.1) is 0 Å². The summed E-state index contributed by atoms with van der Waals surface area (Å²) < 4.78 is 9.26. The van der Waals surface area contributed by atoms with Gasteiger partial charge in [0.25, 0.3) is 0 Å². The second kappa shape index (κ2) is 12.3. The van der Waals surface area contributed by atoms with Crippen LogP contribution < -0.4 is 4.90 Å². The van der Waals surface area contributed by atoms with Gasteiger partial charge in [0, 0.05) is 38.8 Å². The Kier molecular flexibility index (Phi) is 6.94.